The minimum absolute atomic E-state index is 0.0363. The summed E-state index contributed by atoms with van der Waals surface area (Å²) in [7, 11) is -10.0. The topological polar surface area (TPSA) is 167 Å². The van der Waals surface area contributed by atoms with Crippen molar-refractivity contribution in [1.29, 1.82) is 0 Å². The van der Waals surface area contributed by atoms with Crippen molar-refractivity contribution < 1.29 is 66.3 Å². The van der Waals surface area contributed by atoms with Crippen LogP contribution >= 0.6 is 7.14 Å². The first kappa shape index (κ1) is 41.1. The fourth-order valence-corrected chi connectivity index (χ4v) is 11.5. The van der Waals surface area contributed by atoms with Gasteiger partial charge in [0, 0.05) is 11.1 Å². The molecule has 57 heavy (non-hydrogen) atoms. The standard InChI is InChI=1S/C38H29F6O11PS/c39-37(40,41)26-16-12-24(13-17-26)33-30(52-35(45)54-33)21-56(47,22-31-34(55-36(46)53-31)25-14-18-27(19-15-25)38(42,43)44)32(57(48,49)50)11-5-7-23-6-4-10-29(20-23)51-28-8-2-1-3-9-28/h1-4,6,8-10,12-20,32H,5,7,11,21-22H2,(H,48,49,50)/t32-/m0/s1. The lowest BCUT2D eigenvalue weighted by Gasteiger charge is -2.25. The van der Waals surface area contributed by atoms with E-state index >= 15 is 4.57 Å². The van der Waals surface area contributed by atoms with E-state index in [0.717, 1.165) is 24.3 Å². The number of halogens is 6. The Labute approximate surface area is 318 Å². The highest BCUT2D eigenvalue weighted by atomic mass is 32.2. The second kappa shape index (κ2) is 16.1. The van der Waals surface area contributed by atoms with Crippen LogP contribution < -0.4 is 16.4 Å². The predicted octanol–water partition coefficient (Wildman–Crippen LogP) is 10.2. The summed E-state index contributed by atoms with van der Waals surface area (Å²) in [5.41, 5.74) is -1.77. The third-order valence-corrected chi connectivity index (χ3v) is 14.6. The van der Waals surface area contributed by atoms with Crippen LogP contribution in [0.4, 0.5) is 26.3 Å². The Morgan fingerprint density at radius 1 is 0.649 bits per heavy atom. The molecule has 0 spiro atoms. The molecule has 0 bridgehead atoms. The molecule has 19 heteroatoms. The largest absolute Gasteiger partial charge is 0.519 e. The van der Waals surface area contributed by atoms with Gasteiger partial charge in [0.05, 0.1) is 23.5 Å². The van der Waals surface area contributed by atoms with Crippen molar-refractivity contribution in [2.75, 3.05) is 0 Å². The highest BCUT2D eigenvalue weighted by Gasteiger charge is 2.45. The summed E-state index contributed by atoms with van der Waals surface area (Å²) in [6.07, 6.45) is -11.8. The molecular formula is C38H29F6O11PS. The number of benzene rings is 4. The molecule has 1 atom stereocenters. The van der Waals surface area contributed by atoms with Gasteiger partial charge < -0.3 is 27.0 Å². The van der Waals surface area contributed by atoms with E-state index in [2.05, 4.69) is 0 Å². The second-order valence-corrected chi connectivity index (χ2v) is 17.9. The molecule has 0 amide bonds. The van der Waals surface area contributed by atoms with Crippen LogP contribution in [0.1, 0.15) is 41.1 Å². The lowest BCUT2D eigenvalue weighted by atomic mass is 10.1. The molecule has 6 rings (SSSR count). The molecular weight excluding hydrogens is 809 g/mol. The maximum Gasteiger partial charge on any atom is 0.519 e. The van der Waals surface area contributed by atoms with Gasteiger partial charge in [0.2, 0.25) is 0 Å². The number of alkyl halides is 6. The lowest BCUT2D eigenvalue weighted by molar-refractivity contribution is -0.138. The molecule has 2 heterocycles. The first-order valence-corrected chi connectivity index (χ1v) is 20.4. The van der Waals surface area contributed by atoms with Crippen molar-refractivity contribution in [3.8, 4) is 34.1 Å². The smallest absolute Gasteiger partial charge is 0.457 e. The van der Waals surface area contributed by atoms with Crippen LogP contribution in [0.3, 0.4) is 0 Å². The van der Waals surface area contributed by atoms with E-state index in [1.807, 2.05) is 0 Å². The van der Waals surface area contributed by atoms with Gasteiger partial charge in [-0.1, -0.05) is 54.6 Å². The SMILES string of the molecule is O=c1oc(CP(=O)(Cc2oc(=O)oc2-c2ccc(C(F)(F)F)cc2)[C@H](CCCc2cccc(Oc3ccccc3)c2)S(=O)(=O)O)c(-c2ccc(C(F)(F)F)cc2)o1. The van der Waals surface area contributed by atoms with E-state index in [1.54, 1.807) is 54.6 Å². The molecule has 4 aromatic carbocycles. The third-order valence-electron chi connectivity index (χ3n) is 8.72. The van der Waals surface area contributed by atoms with E-state index in [9.17, 15) is 48.9 Å². The normalized spacial score (nSPS) is 13.1. The van der Waals surface area contributed by atoms with Gasteiger partial charge in [-0.2, -0.15) is 34.8 Å². The predicted molar refractivity (Wildman–Crippen MR) is 192 cm³/mol. The zero-order valence-corrected chi connectivity index (χ0v) is 30.8. The summed E-state index contributed by atoms with van der Waals surface area (Å²) in [4.78, 5) is 22.6. The highest BCUT2D eigenvalue weighted by Crippen LogP contribution is 2.61. The molecule has 1 N–H and O–H groups in total. The number of rotatable bonds is 14. The number of aryl methyl sites for hydroxylation is 1. The maximum atomic E-state index is 15.3. The van der Waals surface area contributed by atoms with E-state index in [4.69, 9.17) is 22.4 Å². The molecule has 0 aliphatic rings. The van der Waals surface area contributed by atoms with Crippen LogP contribution in [0.25, 0.3) is 22.6 Å². The van der Waals surface area contributed by atoms with E-state index in [0.29, 0.717) is 41.3 Å². The molecule has 0 saturated heterocycles. The van der Waals surface area contributed by atoms with Crippen LogP contribution in [-0.4, -0.2) is 18.0 Å². The van der Waals surface area contributed by atoms with Crippen molar-refractivity contribution in [3.05, 3.63) is 153 Å². The second-order valence-electron chi connectivity index (χ2n) is 12.8. The number of hydrogen-bond acceptors (Lipinski definition) is 10. The first-order chi connectivity index (χ1) is 26.8. The van der Waals surface area contributed by atoms with Crippen molar-refractivity contribution in [2.24, 2.45) is 0 Å². The molecule has 0 aliphatic carbocycles. The molecule has 0 unspecified atom stereocenters. The van der Waals surface area contributed by atoms with Crippen molar-refractivity contribution in [3.63, 3.8) is 0 Å². The lowest BCUT2D eigenvalue weighted by Crippen LogP contribution is -2.23. The summed E-state index contributed by atoms with van der Waals surface area (Å²) in [6.45, 7) is 0. The Kier molecular flexibility index (Phi) is 11.6. The first-order valence-electron chi connectivity index (χ1n) is 16.8. The van der Waals surface area contributed by atoms with Gasteiger partial charge in [-0.05, 0) is 73.4 Å². The summed E-state index contributed by atoms with van der Waals surface area (Å²) < 4.78 is 158. The quantitative estimate of drug-likeness (QED) is 0.0630. The van der Waals surface area contributed by atoms with Gasteiger partial charge in [-0.15, -0.1) is 0 Å². The summed E-state index contributed by atoms with van der Waals surface area (Å²) >= 11 is 0. The minimum atomic E-state index is -5.29. The molecule has 0 aliphatic heterocycles. The Hall–Kier alpha value is -5.58. The number of hydrogen-bond donors (Lipinski definition) is 1. The monoisotopic (exact) mass is 838 g/mol. The van der Waals surface area contributed by atoms with Crippen molar-refractivity contribution in [2.45, 2.75) is 48.9 Å². The van der Waals surface area contributed by atoms with Gasteiger partial charge in [0.1, 0.15) is 23.6 Å². The fourth-order valence-electron chi connectivity index (χ4n) is 6.13. The molecule has 0 radical (unpaired) electrons. The van der Waals surface area contributed by atoms with Crippen LogP contribution in [-0.2, 0) is 45.8 Å². The zero-order valence-electron chi connectivity index (χ0n) is 29.1. The van der Waals surface area contributed by atoms with Crippen LogP contribution in [0.15, 0.2) is 130 Å². The van der Waals surface area contributed by atoms with E-state index in [1.165, 1.54) is 0 Å². The van der Waals surface area contributed by atoms with Gasteiger partial charge in [0.25, 0.3) is 10.1 Å². The van der Waals surface area contributed by atoms with E-state index < -0.39 is 99.2 Å². The number of ether oxygens (including phenoxy) is 1. The van der Waals surface area contributed by atoms with Crippen molar-refractivity contribution in [1.82, 2.24) is 0 Å². The summed E-state index contributed by atoms with van der Waals surface area (Å²) in [5.74, 6) is -3.96. The third kappa shape index (κ3) is 10.1. The molecule has 0 fully saturated rings. The van der Waals surface area contributed by atoms with Gasteiger partial charge in [-0.25, -0.2) is 9.59 Å². The summed E-state index contributed by atoms with van der Waals surface area (Å²) in [5, 5.41) is 0. The van der Waals surface area contributed by atoms with Gasteiger partial charge in [0.15, 0.2) is 23.0 Å². The van der Waals surface area contributed by atoms with Gasteiger partial charge >= 0.3 is 24.0 Å². The van der Waals surface area contributed by atoms with Crippen LogP contribution in [0, 0.1) is 0 Å². The van der Waals surface area contributed by atoms with E-state index in [-0.39, 0.29) is 24.0 Å². The molecule has 6 aromatic rings. The molecule has 11 nitrogen and oxygen atoms in total. The highest BCUT2D eigenvalue weighted by molar-refractivity contribution is 7.95. The van der Waals surface area contributed by atoms with Crippen molar-refractivity contribution >= 4 is 17.3 Å². The Morgan fingerprint density at radius 2 is 1.12 bits per heavy atom. The van der Waals surface area contributed by atoms with Gasteiger partial charge in [-0.3, -0.25) is 4.55 Å². The number of para-hydroxylation sites is 1. The Morgan fingerprint density at radius 3 is 1.58 bits per heavy atom. The van der Waals surface area contributed by atoms with Crippen LogP contribution in [0.2, 0.25) is 0 Å². The Bertz CT molecular complexity index is 2490. The molecule has 300 valence electrons. The minimum Gasteiger partial charge on any atom is -0.457 e. The average Bonchev–Trinajstić information content (AvgIpc) is 3.69. The zero-order chi connectivity index (χ0) is 41.2. The Balaban J connectivity index is 1.37. The van der Waals surface area contributed by atoms with Crippen LogP contribution in [0.5, 0.6) is 11.5 Å². The summed E-state index contributed by atoms with van der Waals surface area (Å²) in [6, 6.07) is 22.0. The molecule has 2 aromatic heterocycles. The maximum absolute atomic E-state index is 15.3. The fraction of sp³-hybridized carbons (Fsp3) is 0.211. The average molecular weight is 839 g/mol. The molecule has 0 saturated carbocycles.